The normalized spacial score (nSPS) is 12.6. The summed E-state index contributed by atoms with van der Waals surface area (Å²) in [5, 5.41) is 4.68. The molecule has 1 aromatic carbocycles. The molecule has 0 aliphatic carbocycles. The smallest absolute Gasteiger partial charge is 0.0410 e. The van der Waals surface area contributed by atoms with Gasteiger partial charge >= 0.3 is 0 Å². The van der Waals surface area contributed by atoms with Crippen LogP contribution in [0.5, 0.6) is 0 Å². The molecule has 1 atom stereocenters. The molecule has 17 heavy (non-hydrogen) atoms. The van der Waals surface area contributed by atoms with Crippen LogP contribution in [0.4, 0.5) is 0 Å². The molecular weight excluding hydrogens is 270 g/mol. The van der Waals surface area contributed by atoms with Crippen LogP contribution in [-0.4, -0.2) is 13.1 Å². The maximum absolute atomic E-state index is 5.88. The predicted octanol–water partition coefficient (Wildman–Crippen LogP) is 4.74. The first-order valence-electron chi connectivity index (χ1n) is 6.04. The van der Waals surface area contributed by atoms with E-state index in [2.05, 4.69) is 36.0 Å². The fourth-order valence-electron chi connectivity index (χ4n) is 1.62. The van der Waals surface area contributed by atoms with Crippen LogP contribution in [0.2, 0.25) is 5.02 Å². The second-order valence-corrected chi connectivity index (χ2v) is 5.89. The van der Waals surface area contributed by atoms with E-state index in [0.717, 1.165) is 24.5 Å². The van der Waals surface area contributed by atoms with Gasteiger partial charge in [0.25, 0.3) is 0 Å². The Morgan fingerprint density at radius 2 is 2.00 bits per heavy atom. The molecule has 0 saturated carbocycles. The number of benzene rings is 1. The molecule has 1 unspecified atom stereocenters. The Kier molecular flexibility index (Phi) is 8.19. The van der Waals surface area contributed by atoms with Crippen LogP contribution in [0.15, 0.2) is 24.3 Å². The van der Waals surface area contributed by atoms with Gasteiger partial charge in [0.2, 0.25) is 0 Å². The molecule has 1 nitrogen and oxygen atoms in total. The van der Waals surface area contributed by atoms with Gasteiger partial charge in [-0.2, -0.15) is 0 Å². The van der Waals surface area contributed by atoms with Gasteiger partial charge in [-0.3, -0.25) is 0 Å². The van der Waals surface area contributed by atoms with Gasteiger partial charge in [-0.1, -0.05) is 47.9 Å². The Balaban J connectivity index is 2.35. The summed E-state index contributed by atoms with van der Waals surface area (Å²) < 4.78 is 0. The molecule has 0 amide bonds. The third kappa shape index (κ3) is 6.05. The minimum atomic E-state index is 0.435. The van der Waals surface area contributed by atoms with E-state index in [9.17, 15) is 0 Å². The Morgan fingerprint density at radius 3 is 2.59 bits per heavy atom. The van der Waals surface area contributed by atoms with Crippen LogP contribution in [0.3, 0.4) is 0 Å². The zero-order valence-electron chi connectivity index (χ0n) is 10.2. The first-order chi connectivity index (χ1) is 8.27. The second kappa shape index (κ2) is 9.15. The molecule has 0 saturated heterocycles. The van der Waals surface area contributed by atoms with Crippen LogP contribution >= 0.6 is 34.1 Å². The number of hydrogen-bond donors (Lipinski definition) is 2. The van der Waals surface area contributed by atoms with Gasteiger partial charge in [0.05, 0.1) is 0 Å². The highest BCUT2D eigenvalue weighted by atomic mass is 35.5. The summed E-state index contributed by atoms with van der Waals surface area (Å²) in [6.45, 7) is 4.36. The number of nitrogens with one attached hydrogen (secondary N) is 1. The Hall–Kier alpha value is 0.170. The number of hydrogen-bond acceptors (Lipinski definition) is 3. The lowest BCUT2D eigenvalue weighted by molar-refractivity contribution is 0.614. The monoisotopic (exact) mass is 289 g/mol. The molecule has 0 aliphatic rings. The van der Waals surface area contributed by atoms with Crippen molar-refractivity contribution in [3.8, 4) is 0 Å². The largest absolute Gasteiger partial charge is 0.317 e. The maximum atomic E-state index is 5.88. The Labute approximate surface area is 119 Å². The average molecular weight is 290 g/mol. The van der Waals surface area contributed by atoms with Gasteiger partial charge in [0.1, 0.15) is 0 Å². The van der Waals surface area contributed by atoms with E-state index in [0.29, 0.717) is 5.25 Å². The average Bonchev–Trinajstić information content (AvgIpc) is 2.35. The summed E-state index contributed by atoms with van der Waals surface area (Å²) in [6, 6.07) is 8.06. The van der Waals surface area contributed by atoms with Crippen LogP contribution < -0.4 is 5.32 Å². The summed E-state index contributed by atoms with van der Waals surface area (Å²) in [5.74, 6) is 0. The lowest BCUT2D eigenvalue weighted by Gasteiger charge is -2.14. The third-order valence-corrected chi connectivity index (χ3v) is 4.44. The van der Waals surface area contributed by atoms with Crippen LogP contribution in [0.1, 0.15) is 37.0 Å². The summed E-state index contributed by atoms with van der Waals surface area (Å²) in [7, 11) is 1.60. The molecule has 0 radical (unpaired) electrons. The van der Waals surface area contributed by atoms with E-state index >= 15 is 0 Å². The Bertz CT molecular complexity index is 303. The summed E-state index contributed by atoms with van der Waals surface area (Å²) >= 11 is 10.2. The molecule has 0 spiro atoms. The van der Waals surface area contributed by atoms with Crippen LogP contribution in [0.25, 0.3) is 0 Å². The van der Waals surface area contributed by atoms with E-state index in [4.69, 9.17) is 11.6 Å². The minimum Gasteiger partial charge on any atom is -0.317 e. The van der Waals surface area contributed by atoms with E-state index in [1.165, 1.54) is 18.4 Å². The molecule has 0 bridgehead atoms. The lowest BCUT2D eigenvalue weighted by Crippen LogP contribution is -2.17. The van der Waals surface area contributed by atoms with Crippen molar-refractivity contribution < 1.29 is 0 Å². The van der Waals surface area contributed by atoms with Crippen LogP contribution in [-0.2, 0) is 0 Å². The van der Waals surface area contributed by atoms with Crippen molar-refractivity contribution in [1.82, 2.24) is 5.32 Å². The molecule has 0 aliphatic heterocycles. The van der Waals surface area contributed by atoms with Gasteiger partial charge < -0.3 is 5.32 Å². The molecule has 4 heteroatoms. The van der Waals surface area contributed by atoms with Crippen molar-refractivity contribution in [2.75, 3.05) is 13.1 Å². The molecule has 1 rings (SSSR count). The standard InChI is InChI=1S/C13H20ClNS2/c1-2-3-9-15-10-8-13(17-16)11-4-6-12(14)7-5-11/h4-7,13,15-16H,2-3,8-10H2,1H3. The van der Waals surface area contributed by atoms with Gasteiger partial charge in [-0.25, -0.2) is 0 Å². The fourth-order valence-corrected chi connectivity index (χ4v) is 2.93. The van der Waals surface area contributed by atoms with Crippen molar-refractivity contribution in [1.29, 1.82) is 0 Å². The third-order valence-electron chi connectivity index (χ3n) is 2.66. The topological polar surface area (TPSA) is 12.0 Å². The second-order valence-electron chi connectivity index (χ2n) is 4.04. The maximum Gasteiger partial charge on any atom is 0.0410 e. The Morgan fingerprint density at radius 1 is 1.29 bits per heavy atom. The molecular formula is C13H20ClNS2. The SMILES string of the molecule is CCCCNCCC(SS)c1ccc(Cl)cc1. The summed E-state index contributed by atoms with van der Waals surface area (Å²) in [6.07, 6.45) is 3.59. The van der Waals surface area contributed by atoms with E-state index in [1.54, 1.807) is 10.8 Å². The van der Waals surface area contributed by atoms with Gasteiger partial charge in [-0.05, 0) is 43.6 Å². The highest BCUT2D eigenvalue weighted by molar-refractivity contribution is 8.68. The fraction of sp³-hybridized carbons (Fsp3) is 0.538. The summed E-state index contributed by atoms with van der Waals surface area (Å²) in [4.78, 5) is 0. The molecule has 0 fully saturated rings. The number of rotatable bonds is 8. The highest BCUT2D eigenvalue weighted by Crippen LogP contribution is 2.34. The number of unbranched alkanes of at least 4 members (excludes halogenated alkanes) is 1. The minimum absolute atomic E-state index is 0.435. The van der Waals surface area contributed by atoms with Gasteiger partial charge in [0, 0.05) is 10.3 Å². The first kappa shape index (κ1) is 15.2. The first-order valence-corrected chi connectivity index (χ1v) is 8.35. The van der Waals surface area contributed by atoms with Crippen LogP contribution in [0, 0.1) is 0 Å². The quantitative estimate of drug-likeness (QED) is 0.407. The molecule has 0 aromatic heterocycles. The molecule has 96 valence electrons. The molecule has 0 heterocycles. The summed E-state index contributed by atoms with van der Waals surface area (Å²) in [5.41, 5.74) is 1.30. The van der Waals surface area contributed by atoms with Crippen molar-refractivity contribution in [3.05, 3.63) is 34.9 Å². The van der Waals surface area contributed by atoms with Crippen molar-refractivity contribution in [2.24, 2.45) is 0 Å². The van der Waals surface area contributed by atoms with Crippen molar-refractivity contribution in [3.63, 3.8) is 0 Å². The number of halogens is 1. The zero-order chi connectivity index (χ0) is 12.5. The van der Waals surface area contributed by atoms with E-state index in [1.807, 2.05) is 12.1 Å². The van der Waals surface area contributed by atoms with Crippen molar-refractivity contribution >= 4 is 34.1 Å². The number of thiol groups is 1. The molecule has 1 aromatic rings. The lowest BCUT2D eigenvalue weighted by atomic mass is 10.1. The zero-order valence-corrected chi connectivity index (χ0v) is 12.6. The van der Waals surface area contributed by atoms with Gasteiger partial charge in [0.15, 0.2) is 0 Å². The van der Waals surface area contributed by atoms with Gasteiger partial charge in [-0.15, -0.1) is 11.7 Å². The van der Waals surface area contributed by atoms with E-state index in [-0.39, 0.29) is 0 Å². The highest BCUT2D eigenvalue weighted by Gasteiger charge is 2.09. The molecule has 1 N–H and O–H groups in total. The predicted molar refractivity (Wildman–Crippen MR) is 83.2 cm³/mol. The van der Waals surface area contributed by atoms with E-state index < -0.39 is 0 Å². The van der Waals surface area contributed by atoms with Crippen molar-refractivity contribution in [2.45, 2.75) is 31.4 Å².